The van der Waals surface area contributed by atoms with Crippen molar-refractivity contribution in [2.24, 2.45) is 0 Å². The first kappa shape index (κ1) is 19.6. The van der Waals surface area contributed by atoms with Crippen molar-refractivity contribution in [1.29, 1.82) is 0 Å². The molecule has 9 nitrogen and oxygen atoms in total. The van der Waals surface area contributed by atoms with Crippen LogP contribution in [0.2, 0.25) is 0 Å². The lowest BCUT2D eigenvalue weighted by molar-refractivity contribution is -0.113. The number of benzene rings is 1. The summed E-state index contributed by atoms with van der Waals surface area (Å²) in [5, 5.41) is 15.0. The van der Waals surface area contributed by atoms with E-state index in [2.05, 4.69) is 25.6 Å². The van der Waals surface area contributed by atoms with E-state index in [1.165, 1.54) is 11.8 Å². The van der Waals surface area contributed by atoms with Crippen LogP contribution in [0.15, 0.2) is 23.4 Å². The molecule has 0 saturated heterocycles. The maximum absolute atomic E-state index is 12.3. The molecule has 11 heteroatoms. The molecule has 2 N–H and O–H groups in total. The molecule has 1 aromatic heterocycles. The van der Waals surface area contributed by atoms with E-state index in [-0.39, 0.29) is 17.4 Å². The summed E-state index contributed by atoms with van der Waals surface area (Å²) in [7, 11) is -3.39. The van der Waals surface area contributed by atoms with Crippen molar-refractivity contribution < 1.29 is 13.2 Å². The highest BCUT2D eigenvalue weighted by Crippen LogP contribution is 2.36. The van der Waals surface area contributed by atoms with E-state index in [1.807, 2.05) is 0 Å². The molecule has 1 saturated carbocycles. The van der Waals surface area contributed by atoms with E-state index in [9.17, 15) is 13.2 Å². The van der Waals surface area contributed by atoms with Crippen LogP contribution in [0.1, 0.15) is 37.8 Å². The SMILES string of the molecule is CCCS(=O)(=O)Nc1cccc(NC(=O)CSc2nnnn2C2CC2)c1C. The summed E-state index contributed by atoms with van der Waals surface area (Å²) in [5.41, 5.74) is 1.70. The lowest BCUT2D eigenvalue weighted by Gasteiger charge is -2.14. The molecular formula is C16H22N6O3S2. The average Bonchev–Trinajstić information content (AvgIpc) is 3.34. The van der Waals surface area contributed by atoms with Gasteiger partial charge in [-0.3, -0.25) is 9.52 Å². The molecule has 0 aliphatic heterocycles. The van der Waals surface area contributed by atoms with E-state index in [0.29, 0.717) is 34.6 Å². The summed E-state index contributed by atoms with van der Waals surface area (Å²) in [6.07, 6.45) is 2.65. The molecule has 0 atom stereocenters. The summed E-state index contributed by atoms with van der Waals surface area (Å²) >= 11 is 1.28. The van der Waals surface area contributed by atoms with Gasteiger partial charge in [-0.1, -0.05) is 24.8 Å². The topological polar surface area (TPSA) is 119 Å². The highest BCUT2D eigenvalue weighted by atomic mass is 32.2. The van der Waals surface area contributed by atoms with Gasteiger partial charge in [-0.2, -0.15) is 0 Å². The predicted octanol–water partition coefficient (Wildman–Crippen LogP) is 2.20. The van der Waals surface area contributed by atoms with Crippen molar-refractivity contribution in [3.8, 4) is 0 Å². The fraction of sp³-hybridized carbons (Fsp3) is 0.500. The fourth-order valence-corrected chi connectivity index (χ4v) is 4.45. The number of sulfonamides is 1. The van der Waals surface area contributed by atoms with Crippen molar-refractivity contribution >= 4 is 39.1 Å². The van der Waals surface area contributed by atoms with Gasteiger partial charge in [0.2, 0.25) is 21.1 Å². The van der Waals surface area contributed by atoms with Crippen LogP contribution in [0.3, 0.4) is 0 Å². The van der Waals surface area contributed by atoms with Crippen molar-refractivity contribution in [2.75, 3.05) is 21.5 Å². The van der Waals surface area contributed by atoms with E-state index in [0.717, 1.165) is 12.8 Å². The minimum atomic E-state index is -3.39. The Morgan fingerprint density at radius 2 is 2.07 bits per heavy atom. The van der Waals surface area contributed by atoms with Crippen molar-refractivity contribution in [2.45, 2.75) is 44.3 Å². The number of nitrogens with one attached hydrogen (secondary N) is 2. The van der Waals surface area contributed by atoms with Gasteiger partial charge in [0.15, 0.2) is 0 Å². The zero-order chi connectivity index (χ0) is 19.4. The minimum Gasteiger partial charge on any atom is -0.325 e. The number of carbonyl (C=O) groups is 1. The summed E-state index contributed by atoms with van der Waals surface area (Å²) in [6, 6.07) is 5.47. The number of aromatic nitrogens is 4. The highest BCUT2D eigenvalue weighted by Gasteiger charge is 2.28. The number of hydrogen-bond donors (Lipinski definition) is 2. The van der Waals surface area contributed by atoms with Crippen LogP contribution in [0.4, 0.5) is 11.4 Å². The van der Waals surface area contributed by atoms with Gasteiger partial charge in [-0.15, -0.1) is 5.10 Å². The Bertz CT molecular complexity index is 924. The molecule has 0 bridgehead atoms. The summed E-state index contributed by atoms with van der Waals surface area (Å²) < 4.78 is 28.3. The second kappa shape index (κ2) is 8.26. The first-order chi connectivity index (χ1) is 12.9. The molecule has 1 fully saturated rings. The number of hydrogen-bond acceptors (Lipinski definition) is 7. The van der Waals surface area contributed by atoms with Crippen LogP contribution >= 0.6 is 11.8 Å². The number of nitrogens with zero attached hydrogens (tertiary/aromatic N) is 4. The zero-order valence-electron chi connectivity index (χ0n) is 15.2. The lowest BCUT2D eigenvalue weighted by atomic mass is 10.1. The van der Waals surface area contributed by atoms with Crippen molar-refractivity contribution in [3.63, 3.8) is 0 Å². The predicted molar refractivity (Wildman–Crippen MR) is 104 cm³/mol. The molecule has 1 aliphatic carbocycles. The second-order valence-electron chi connectivity index (χ2n) is 6.37. The van der Waals surface area contributed by atoms with E-state index in [4.69, 9.17) is 0 Å². The van der Waals surface area contributed by atoms with Crippen molar-refractivity contribution in [3.05, 3.63) is 23.8 Å². The largest absolute Gasteiger partial charge is 0.325 e. The molecule has 146 valence electrons. The fourth-order valence-electron chi connectivity index (χ4n) is 2.51. The minimum absolute atomic E-state index is 0.0510. The standard InChI is InChI=1S/C16H22N6O3S2/c1-3-9-27(24,25)19-14-6-4-5-13(11(14)2)17-15(23)10-26-16-18-20-21-22(16)12-7-8-12/h4-6,12,19H,3,7-10H2,1-2H3,(H,17,23). The number of anilines is 2. The summed E-state index contributed by atoms with van der Waals surface area (Å²) in [5.74, 6) is 0.00950. The second-order valence-corrected chi connectivity index (χ2v) is 9.16. The molecule has 1 heterocycles. The Morgan fingerprint density at radius 1 is 1.33 bits per heavy atom. The average molecular weight is 411 g/mol. The van der Waals surface area contributed by atoms with Crippen LogP contribution in [-0.2, 0) is 14.8 Å². The van der Waals surface area contributed by atoms with Crippen LogP contribution in [0, 0.1) is 6.92 Å². The molecular weight excluding hydrogens is 388 g/mol. The number of rotatable bonds is 9. The molecule has 1 amide bonds. The number of tetrazole rings is 1. The smallest absolute Gasteiger partial charge is 0.234 e. The maximum Gasteiger partial charge on any atom is 0.234 e. The van der Waals surface area contributed by atoms with E-state index in [1.54, 1.807) is 36.7 Å². The first-order valence-electron chi connectivity index (χ1n) is 8.70. The van der Waals surface area contributed by atoms with Gasteiger partial charge in [0.25, 0.3) is 0 Å². The van der Waals surface area contributed by atoms with Crippen LogP contribution < -0.4 is 10.0 Å². The Hall–Kier alpha value is -2.14. The summed E-state index contributed by atoms with van der Waals surface area (Å²) in [4.78, 5) is 12.3. The van der Waals surface area contributed by atoms with Gasteiger partial charge >= 0.3 is 0 Å². The van der Waals surface area contributed by atoms with Crippen LogP contribution in [0.25, 0.3) is 0 Å². The monoisotopic (exact) mass is 410 g/mol. The number of amides is 1. The third-order valence-corrected chi connectivity index (χ3v) is 6.44. The van der Waals surface area contributed by atoms with Gasteiger partial charge in [0, 0.05) is 5.69 Å². The Morgan fingerprint density at radius 3 is 2.78 bits per heavy atom. The molecule has 3 rings (SSSR count). The Kier molecular flexibility index (Phi) is 6.00. The number of carbonyl (C=O) groups excluding carboxylic acids is 1. The normalized spacial score (nSPS) is 14.1. The Labute approximate surface area is 162 Å². The number of thioether (sulfide) groups is 1. The van der Waals surface area contributed by atoms with Gasteiger partial charge in [-0.05, 0) is 54.3 Å². The van der Waals surface area contributed by atoms with Crippen molar-refractivity contribution in [1.82, 2.24) is 20.2 Å². The molecule has 1 aromatic carbocycles. The van der Waals surface area contributed by atoms with E-state index >= 15 is 0 Å². The van der Waals surface area contributed by atoms with E-state index < -0.39 is 10.0 Å². The van der Waals surface area contributed by atoms with Gasteiger partial charge in [0.1, 0.15) is 0 Å². The molecule has 0 spiro atoms. The van der Waals surface area contributed by atoms with Gasteiger partial charge < -0.3 is 5.32 Å². The molecule has 1 aliphatic rings. The molecule has 0 radical (unpaired) electrons. The first-order valence-corrected chi connectivity index (χ1v) is 11.3. The summed E-state index contributed by atoms with van der Waals surface area (Å²) in [6.45, 7) is 3.57. The highest BCUT2D eigenvalue weighted by molar-refractivity contribution is 7.99. The third-order valence-electron chi connectivity index (χ3n) is 4.03. The zero-order valence-corrected chi connectivity index (χ0v) is 16.8. The van der Waals surface area contributed by atoms with Crippen LogP contribution in [-0.4, -0.2) is 46.0 Å². The third kappa shape index (κ3) is 5.19. The quantitative estimate of drug-likeness (QED) is 0.608. The maximum atomic E-state index is 12.3. The molecule has 0 unspecified atom stereocenters. The Balaban J connectivity index is 1.62. The van der Waals surface area contributed by atoms with Gasteiger partial charge in [0.05, 0.1) is 23.2 Å². The lowest BCUT2D eigenvalue weighted by Crippen LogP contribution is -2.18. The van der Waals surface area contributed by atoms with Crippen LogP contribution in [0.5, 0.6) is 0 Å². The van der Waals surface area contributed by atoms with Gasteiger partial charge in [-0.25, -0.2) is 13.1 Å². The molecule has 27 heavy (non-hydrogen) atoms. The molecule has 2 aromatic rings.